The van der Waals surface area contributed by atoms with E-state index in [-0.39, 0.29) is 24.4 Å². The molecule has 240 valence electrons. The number of carbonyl (C=O) groups excluding carboxylic acids is 1. The number of hydrogen-bond donors (Lipinski definition) is 4. The van der Waals surface area contributed by atoms with E-state index in [0.717, 1.165) is 11.8 Å². The number of sulfonamides is 1. The molecule has 1 amide bonds. The number of imidazole rings is 1. The van der Waals surface area contributed by atoms with E-state index in [0.29, 0.717) is 61.5 Å². The van der Waals surface area contributed by atoms with Crippen LogP contribution >= 0.6 is 0 Å². The van der Waals surface area contributed by atoms with Gasteiger partial charge in [0.25, 0.3) is 0 Å². The van der Waals surface area contributed by atoms with Crippen LogP contribution in [0.1, 0.15) is 11.1 Å². The average molecular weight is 665 g/mol. The number of nitrogens with zero attached hydrogens (tertiary/aromatic N) is 4. The molecular formula is C34H26F2N8O3S. The summed E-state index contributed by atoms with van der Waals surface area (Å²) in [5.41, 5.74) is 5.09. The summed E-state index contributed by atoms with van der Waals surface area (Å²) in [6.45, 7) is -0.0831. The summed E-state index contributed by atoms with van der Waals surface area (Å²) >= 11 is 0. The highest BCUT2D eigenvalue weighted by Crippen LogP contribution is 2.34. The second-order valence-electron chi connectivity index (χ2n) is 11.2. The van der Waals surface area contributed by atoms with Crippen LogP contribution < -0.4 is 10.0 Å². The highest BCUT2D eigenvalue weighted by molar-refractivity contribution is 7.88. The second-order valence-corrected chi connectivity index (χ2v) is 13.0. The van der Waals surface area contributed by atoms with Gasteiger partial charge in [-0.2, -0.15) is 5.10 Å². The lowest BCUT2D eigenvalue weighted by atomic mass is 10.0. The van der Waals surface area contributed by atoms with Crippen LogP contribution in [0.3, 0.4) is 0 Å². The summed E-state index contributed by atoms with van der Waals surface area (Å²) in [5.74, 6) is -0.955. The molecule has 0 fully saturated rings. The Bertz CT molecular complexity index is 2450. The van der Waals surface area contributed by atoms with Gasteiger partial charge in [0.2, 0.25) is 15.9 Å². The molecule has 4 heterocycles. The first-order valence-electron chi connectivity index (χ1n) is 14.7. The second kappa shape index (κ2) is 12.4. The fourth-order valence-corrected chi connectivity index (χ4v) is 5.89. The number of aromatic nitrogens is 6. The Kier molecular flexibility index (Phi) is 7.94. The van der Waals surface area contributed by atoms with Crippen LogP contribution in [0.25, 0.3) is 55.8 Å². The van der Waals surface area contributed by atoms with Crippen LogP contribution in [0, 0.1) is 11.6 Å². The summed E-state index contributed by atoms with van der Waals surface area (Å²) < 4.78 is 55.6. The topological polar surface area (TPSA) is 158 Å². The number of carbonyl (C=O) groups is 1. The number of H-pyrrole nitrogens is 2. The summed E-state index contributed by atoms with van der Waals surface area (Å²) in [5, 5.41) is 10.6. The molecule has 11 nitrogen and oxygen atoms in total. The lowest BCUT2D eigenvalue weighted by Crippen LogP contribution is -2.21. The zero-order valence-electron chi connectivity index (χ0n) is 25.3. The van der Waals surface area contributed by atoms with Gasteiger partial charge < -0.3 is 10.3 Å². The minimum Gasteiger partial charge on any atom is -0.324 e. The third-order valence-corrected chi connectivity index (χ3v) is 8.28. The van der Waals surface area contributed by atoms with Crippen LogP contribution in [-0.4, -0.2) is 50.7 Å². The number of amides is 1. The molecule has 14 heteroatoms. The molecule has 0 saturated carbocycles. The van der Waals surface area contributed by atoms with Crippen molar-refractivity contribution in [1.29, 1.82) is 0 Å². The van der Waals surface area contributed by atoms with Gasteiger partial charge in [0, 0.05) is 47.1 Å². The van der Waals surface area contributed by atoms with E-state index in [2.05, 4.69) is 35.2 Å². The predicted molar refractivity (Wildman–Crippen MR) is 178 cm³/mol. The molecule has 0 bridgehead atoms. The SMILES string of the molecule is CS(=O)(=O)NCc1cc(F)cc(-c2ccnc3[nH]c(-c4n[nH]c5cc(F)c(-c6cncc(NC(=O)Cc7ccccc7)c6)cc45)nc23)c1. The molecule has 7 aromatic rings. The van der Waals surface area contributed by atoms with Crippen molar-refractivity contribution in [3.8, 4) is 33.8 Å². The predicted octanol–water partition coefficient (Wildman–Crippen LogP) is 5.74. The Morgan fingerprint density at radius 3 is 2.56 bits per heavy atom. The monoisotopic (exact) mass is 664 g/mol. The molecule has 0 aliphatic rings. The van der Waals surface area contributed by atoms with Gasteiger partial charge in [-0.3, -0.25) is 14.9 Å². The van der Waals surface area contributed by atoms with Crippen LogP contribution in [-0.2, 0) is 27.8 Å². The van der Waals surface area contributed by atoms with Gasteiger partial charge in [0.05, 0.1) is 30.1 Å². The van der Waals surface area contributed by atoms with Crippen molar-refractivity contribution < 1.29 is 22.0 Å². The number of pyridine rings is 2. The summed E-state index contributed by atoms with van der Waals surface area (Å²) in [7, 11) is -3.48. The highest BCUT2D eigenvalue weighted by Gasteiger charge is 2.19. The number of hydrogen-bond acceptors (Lipinski definition) is 7. The van der Waals surface area contributed by atoms with E-state index in [9.17, 15) is 17.6 Å². The van der Waals surface area contributed by atoms with Gasteiger partial charge in [-0.05, 0) is 53.1 Å². The number of fused-ring (bicyclic) bond motifs is 2. The maximum Gasteiger partial charge on any atom is 0.228 e. The Hall–Kier alpha value is -5.86. The number of halogens is 2. The van der Waals surface area contributed by atoms with E-state index < -0.39 is 21.7 Å². The molecular weight excluding hydrogens is 638 g/mol. The molecule has 0 aliphatic carbocycles. The van der Waals surface area contributed by atoms with Gasteiger partial charge in [0.15, 0.2) is 11.5 Å². The Labute approximate surface area is 272 Å². The summed E-state index contributed by atoms with van der Waals surface area (Å²) in [6, 6.07) is 19.9. The summed E-state index contributed by atoms with van der Waals surface area (Å²) in [6.07, 6.45) is 5.76. The zero-order chi connectivity index (χ0) is 33.4. The fourth-order valence-electron chi connectivity index (χ4n) is 5.46. The van der Waals surface area contributed by atoms with Crippen molar-refractivity contribution in [2.24, 2.45) is 0 Å². The van der Waals surface area contributed by atoms with Crippen molar-refractivity contribution in [2.75, 3.05) is 11.6 Å². The highest BCUT2D eigenvalue weighted by atomic mass is 32.2. The molecule has 4 N–H and O–H groups in total. The van der Waals surface area contributed by atoms with Crippen LogP contribution in [0.4, 0.5) is 14.5 Å². The van der Waals surface area contributed by atoms with Crippen molar-refractivity contribution in [2.45, 2.75) is 13.0 Å². The normalized spacial score (nSPS) is 11.7. The average Bonchev–Trinajstić information content (AvgIpc) is 3.67. The fraction of sp³-hybridized carbons (Fsp3) is 0.0882. The first-order chi connectivity index (χ1) is 23.1. The van der Waals surface area contributed by atoms with E-state index in [1.165, 1.54) is 30.6 Å². The van der Waals surface area contributed by atoms with Gasteiger partial charge in [0.1, 0.15) is 22.8 Å². The molecule has 48 heavy (non-hydrogen) atoms. The Morgan fingerprint density at radius 1 is 0.917 bits per heavy atom. The number of aromatic amines is 2. The lowest BCUT2D eigenvalue weighted by Gasteiger charge is -2.09. The molecule has 0 unspecified atom stereocenters. The van der Waals surface area contributed by atoms with Gasteiger partial charge in [-0.25, -0.2) is 31.9 Å². The zero-order valence-corrected chi connectivity index (χ0v) is 26.1. The van der Waals surface area contributed by atoms with Gasteiger partial charge in [-0.1, -0.05) is 30.3 Å². The third kappa shape index (κ3) is 6.52. The number of anilines is 1. The first kappa shape index (κ1) is 30.8. The first-order valence-corrected chi connectivity index (χ1v) is 16.6. The lowest BCUT2D eigenvalue weighted by molar-refractivity contribution is -0.115. The standard InChI is InChI=1S/C34H26F2N8O3S/c1-48(46,47)39-16-20-9-21(12-23(35)10-20)25-7-8-38-33-31(25)41-34(42-33)32-27-14-26(28(36)15-29(27)43-44-32)22-13-24(18-37-17-22)40-30(45)11-19-5-3-2-4-6-19/h2-10,12-15,17-18,39H,11,16H2,1H3,(H,40,45)(H,43,44)(H,38,41,42). The third-order valence-electron chi connectivity index (χ3n) is 7.61. The summed E-state index contributed by atoms with van der Waals surface area (Å²) in [4.78, 5) is 29.1. The minimum atomic E-state index is -3.48. The maximum atomic E-state index is 15.4. The van der Waals surface area contributed by atoms with Crippen molar-refractivity contribution >= 4 is 43.7 Å². The van der Waals surface area contributed by atoms with Gasteiger partial charge >= 0.3 is 0 Å². The maximum absolute atomic E-state index is 15.4. The van der Waals surface area contributed by atoms with Crippen LogP contribution in [0.2, 0.25) is 0 Å². The van der Waals surface area contributed by atoms with Gasteiger partial charge in [-0.15, -0.1) is 0 Å². The van der Waals surface area contributed by atoms with E-state index in [1.807, 2.05) is 30.3 Å². The smallest absolute Gasteiger partial charge is 0.228 e. The number of benzene rings is 3. The largest absolute Gasteiger partial charge is 0.324 e. The molecule has 0 atom stereocenters. The molecule has 3 aromatic carbocycles. The van der Waals surface area contributed by atoms with Crippen molar-refractivity contribution in [3.63, 3.8) is 0 Å². The molecule has 0 saturated heterocycles. The molecule has 0 aliphatic heterocycles. The Morgan fingerprint density at radius 2 is 1.75 bits per heavy atom. The quantitative estimate of drug-likeness (QED) is 0.153. The molecule has 0 spiro atoms. The van der Waals surface area contributed by atoms with Crippen molar-refractivity contribution in [1.82, 2.24) is 34.9 Å². The van der Waals surface area contributed by atoms with E-state index in [4.69, 9.17) is 4.98 Å². The van der Waals surface area contributed by atoms with Crippen molar-refractivity contribution in [3.05, 3.63) is 114 Å². The number of nitrogens with one attached hydrogen (secondary N) is 4. The molecule has 0 radical (unpaired) electrons. The van der Waals surface area contributed by atoms with Crippen LogP contribution in [0.5, 0.6) is 0 Å². The minimum absolute atomic E-state index is 0.0831. The molecule has 4 aromatic heterocycles. The van der Waals surface area contributed by atoms with E-state index in [1.54, 1.807) is 30.5 Å². The Balaban J connectivity index is 1.22. The molecule has 7 rings (SSSR count). The number of rotatable bonds is 9. The van der Waals surface area contributed by atoms with E-state index >= 15 is 4.39 Å². The van der Waals surface area contributed by atoms with Crippen LogP contribution in [0.15, 0.2) is 91.4 Å².